The number of amides is 1. The summed E-state index contributed by atoms with van der Waals surface area (Å²) in [5.74, 6) is -3.75. The number of carbonyl (C=O) groups excluding carboxylic acids is 1. The van der Waals surface area contributed by atoms with Gasteiger partial charge in [-0.15, -0.1) is 0 Å². The Kier molecular flexibility index (Phi) is 3.01. The molecule has 94 valence electrons. The second kappa shape index (κ2) is 4.48. The predicted molar refractivity (Wildman–Crippen MR) is 61.5 cm³/mol. The Morgan fingerprint density at radius 2 is 2.00 bits per heavy atom. The molecule has 1 atom stereocenters. The molecular weight excluding hydrogens is 238 g/mol. The highest BCUT2D eigenvalue weighted by molar-refractivity contribution is 6.08. The van der Waals surface area contributed by atoms with Crippen molar-refractivity contribution in [1.29, 1.82) is 0 Å². The molecule has 0 radical (unpaired) electrons. The fourth-order valence-electron chi connectivity index (χ4n) is 1.97. The Balaban J connectivity index is 2.28. The Morgan fingerprint density at radius 1 is 1.28 bits per heavy atom. The van der Waals surface area contributed by atoms with Crippen LogP contribution in [0.2, 0.25) is 0 Å². The quantitative estimate of drug-likeness (QED) is 0.773. The van der Waals surface area contributed by atoms with Gasteiger partial charge in [-0.2, -0.15) is 0 Å². The van der Waals surface area contributed by atoms with Crippen molar-refractivity contribution in [3.8, 4) is 0 Å². The topological polar surface area (TPSA) is 94.9 Å². The molecule has 1 aliphatic rings. The third-order valence-electron chi connectivity index (χ3n) is 2.91. The van der Waals surface area contributed by atoms with E-state index in [-0.39, 0.29) is 12.0 Å². The van der Waals surface area contributed by atoms with Crippen LogP contribution in [0.4, 0.5) is 5.69 Å². The minimum absolute atomic E-state index is 0.0686. The van der Waals surface area contributed by atoms with E-state index in [9.17, 15) is 14.4 Å². The molecule has 0 aromatic heterocycles. The molecule has 1 amide bonds. The van der Waals surface area contributed by atoms with Gasteiger partial charge in [-0.3, -0.25) is 9.59 Å². The highest BCUT2D eigenvalue weighted by atomic mass is 16.4. The van der Waals surface area contributed by atoms with Crippen LogP contribution in [0.3, 0.4) is 0 Å². The van der Waals surface area contributed by atoms with Crippen LogP contribution in [0.25, 0.3) is 0 Å². The van der Waals surface area contributed by atoms with Gasteiger partial charge in [0.1, 0.15) is 5.92 Å². The molecule has 0 saturated carbocycles. The van der Waals surface area contributed by atoms with E-state index in [2.05, 4.69) is 0 Å². The largest absolute Gasteiger partial charge is 0.481 e. The van der Waals surface area contributed by atoms with E-state index in [1.165, 1.54) is 23.1 Å². The molecule has 18 heavy (non-hydrogen) atoms. The number of hydrogen-bond acceptors (Lipinski definition) is 3. The van der Waals surface area contributed by atoms with E-state index in [0.717, 1.165) is 0 Å². The summed E-state index contributed by atoms with van der Waals surface area (Å²) >= 11 is 0. The van der Waals surface area contributed by atoms with Gasteiger partial charge in [0.15, 0.2) is 0 Å². The zero-order chi connectivity index (χ0) is 13.3. The standard InChI is InChI=1S/C12H11NO5/c14-10-9(12(17)18)4-5-13(10)8-3-1-2-7(6-8)11(15)16/h1-3,6,9H,4-5H2,(H,15,16)(H,17,18). The smallest absolute Gasteiger partial charge is 0.335 e. The molecule has 6 nitrogen and oxygen atoms in total. The third-order valence-corrected chi connectivity index (χ3v) is 2.91. The minimum Gasteiger partial charge on any atom is -0.481 e. The number of aliphatic carboxylic acids is 1. The zero-order valence-corrected chi connectivity index (χ0v) is 9.37. The van der Waals surface area contributed by atoms with E-state index in [4.69, 9.17) is 10.2 Å². The van der Waals surface area contributed by atoms with Crippen molar-refractivity contribution >= 4 is 23.5 Å². The van der Waals surface area contributed by atoms with E-state index >= 15 is 0 Å². The Hall–Kier alpha value is -2.37. The van der Waals surface area contributed by atoms with Crippen molar-refractivity contribution in [3.63, 3.8) is 0 Å². The maximum atomic E-state index is 11.8. The van der Waals surface area contributed by atoms with Crippen LogP contribution in [0.5, 0.6) is 0 Å². The highest BCUT2D eigenvalue weighted by Crippen LogP contribution is 2.26. The summed E-state index contributed by atoms with van der Waals surface area (Å²) in [4.78, 5) is 34.8. The molecule has 1 saturated heterocycles. The van der Waals surface area contributed by atoms with Crippen LogP contribution < -0.4 is 4.90 Å². The van der Waals surface area contributed by atoms with Crippen LogP contribution in [0.1, 0.15) is 16.8 Å². The summed E-state index contributed by atoms with van der Waals surface area (Å²) in [5, 5.41) is 17.7. The number of anilines is 1. The van der Waals surface area contributed by atoms with Crippen LogP contribution >= 0.6 is 0 Å². The molecule has 1 aromatic carbocycles. The van der Waals surface area contributed by atoms with Crippen molar-refractivity contribution in [2.45, 2.75) is 6.42 Å². The molecule has 2 N–H and O–H groups in total. The van der Waals surface area contributed by atoms with Crippen LogP contribution in [-0.2, 0) is 9.59 Å². The molecule has 1 fully saturated rings. The summed E-state index contributed by atoms with van der Waals surface area (Å²) in [7, 11) is 0. The van der Waals surface area contributed by atoms with Crippen molar-refractivity contribution < 1.29 is 24.6 Å². The Labute approximate surface area is 102 Å². The molecule has 0 aliphatic carbocycles. The Morgan fingerprint density at radius 3 is 2.56 bits per heavy atom. The van der Waals surface area contributed by atoms with Crippen LogP contribution in [-0.4, -0.2) is 34.6 Å². The van der Waals surface area contributed by atoms with Crippen LogP contribution in [0.15, 0.2) is 24.3 Å². The van der Waals surface area contributed by atoms with Crippen LogP contribution in [0, 0.1) is 5.92 Å². The summed E-state index contributed by atoms with van der Waals surface area (Å²) in [5.41, 5.74) is 0.489. The first-order chi connectivity index (χ1) is 8.50. The Bertz CT molecular complexity index is 525. The summed E-state index contributed by atoms with van der Waals surface area (Å²) in [6.45, 7) is 0.291. The molecule has 2 rings (SSSR count). The van der Waals surface area contributed by atoms with Gasteiger partial charge in [0.2, 0.25) is 5.91 Å². The maximum absolute atomic E-state index is 11.8. The lowest BCUT2D eigenvalue weighted by Gasteiger charge is -2.16. The first-order valence-corrected chi connectivity index (χ1v) is 5.38. The number of aromatic carboxylic acids is 1. The summed E-state index contributed by atoms with van der Waals surface area (Å²) < 4.78 is 0. The average molecular weight is 249 g/mol. The van der Waals surface area contributed by atoms with Gasteiger partial charge in [0.05, 0.1) is 5.56 Å². The second-order valence-electron chi connectivity index (χ2n) is 4.02. The highest BCUT2D eigenvalue weighted by Gasteiger charge is 2.37. The maximum Gasteiger partial charge on any atom is 0.335 e. The first-order valence-electron chi connectivity index (χ1n) is 5.38. The zero-order valence-electron chi connectivity index (χ0n) is 9.37. The molecule has 1 aromatic rings. The van der Waals surface area contributed by atoms with Gasteiger partial charge in [0, 0.05) is 12.2 Å². The fraction of sp³-hybridized carbons (Fsp3) is 0.250. The number of carboxylic acid groups (broad SMARTS) is 2. The van der Waals surface area contributed by atoms with Gasteiger partial charge in [-0.1, -0.05) is 6.07 Å². The van der Waals surface area contributed by atoms with E-state index in [1.54, 1.807) is 6.07 Å². The number of carboxylic acids is 2. The van der Waals surface area contributed by atoms with Gasteiger partial charge < -0.3 is 15.1 Å². The van der Waals surface area contributed by atoms with Gasteiger partial charge in [0.25, 0.3) is 0 Å². The number of nitrogens with zero attached hydrogens (tertiary/aromatic N) is 1. The molecule has 1 aliphatic heterocycles. The van der Waals surface area contributed by atoms with E-state index < -0.39 is 23.8 Å². The first kappa shape index (κ1) is 12.1. The van der Waals surface area contributed by atoms with Gasteiger partial charge >= 0.3 is 11.9 Å². The average Bonchev–Trinajstić information content (AvgIpc) is 2.71. The molecule has 6 heteroatoms. The SMILES string of the molecule is O=C(O)c1cccc(N2CCC(C(=O)O)C2=O)c1. The summed E-state index contributed by atoms with van der Waals surface area (Å²) in [6.07, 6.45) is 0.242. The van der Waals surface area contributed by atoms with Crippen molar-refractivity contribution in [2.24, 2.45) is 5.92 Å². The number of hydrogen-bond donors (Lipinski definition) is 2. The monoisotopic (exact) mass is 249 g/mol. The number of rotatable bonds is 3. The second-order valence-corrected chi connectivity index (χ2v) is 4.02. The van der Waals surface area contributed by atoms with Gasteiger partial charge in [-0.05, 0) is 24.6 Å². The molecule has 1 heterocycles. The molecular formula is C12H11NO5. The van der Waals surface area contributed by atoms with Crippen molar-refractivity contribution in [2.75, 3.05) is 11.4 Å². The predicted octanol–water partition coefficient (Wildman–Crippen LogP) is 0.822. The van der Waals surface area contributed by atoms with E-state index in [0.29, 0.717) is 12.2 Å². The lowest BCUT2D eigenvalue weighted by molar-refractivity contribution is -0.144. The van der Waals surface area contributed by atoms with Crippen molar-refractivity contribution in [1.82, 2.24) is 0 Å². The minimum atomic E-state index is -1.14. The number of carbonyl (C=O) groups is 3. The lowest BCUT2D eigenvalue weighted by Crippen LogP contribution is -2.30. The summed E-state index contributed by atoms with van der Waals surface area (Å²) in [6, 6.07) is 5.90. The number of benzene rings is 1. The lowest BCUT2D eigenvalue weighted by atomic mass is 10.1. The molecule has 0 spiro atoms. The molecule has 0 bridgehead atoms. The van der Waals surface area contributed by atoms with Gasteiger partial charge in [-0.25, -0.2) is 4.79 Å². The normalized spacial score (nSPS) is 19.0. The molecule has 1 unspecified atom stereocenters. The van der Waals surface area contributed by atoms with E-state index in [1.807, 2.05) is 0 Å². The van der Waals surface area contributed by atoms with Crippen molar-refractivity contribution in [3.05, 3.63) is 29.8 Å². The third kappa shape index (κ3) is 2.04. The fourth-order valence-corrected chi connectivity index (χ4v) is 1.97.